The number of hydrogen-bond acceptors (Lipinski definition) is 2. The van der Waals surface area contributed by atoms with Crippen LogP contribution in [0.5, 0.6) is 0 Å². The maximum Gasteiger partial charge on any atom is 0.228 e. The highest BCUT2D eigenvalue weighted by Crippen LogP contribution is 2.30. The lowest BCUT2D eigenvalue weighted by Crippen LogP contribution is -2.27. The minimum Gasteiger partial charge on any atom is -0.350 e. The predicted molar refractivity (Wildman–Crippen MR) is 81.9 cm³/mol. The van der Waals surface area contributed by atoms with Gasteiger partial charge in [0.15, 0.2) is 0 Å². The average molecular weight is 286 g/mol. The molecule has 1 atom stereocenters. The van der Waals surface area contributed by atoms with E-state index in [4.69, 9.17) is 0 Å². The van der Waals surface area contributed by atoms with Crippen molar-refractivity contribution in [1.82, 2.24) is 5.32 Å². The number of rotatable bonds is 5. The van der Waals surface area contributed by atoms with Crippen molar-refractivity contribution in [2.75, 3.05) is 5.32 Å². The Labute approximate surface area is 125 Å². The standard InChI is InChI=1S/C17H22N2O2/c1-11(18-16(20)8-5-12-3-2-4-12)13-6-7-15-14(9-13)10-17(21)19-15/h6-7,9,11-12H,2-5,8,10H2,1H3,(H,18,20)(H,19,21). The van der Waals surface area contributed by atoms with Gasteiger partial charge in [-0.1, -0.05) is 31.4 Å². The summed E-state index contributed by atoms with van der Waals surface area (Å²) < 4.78 is 0. The minimum absolute atomic E-state index is 0.0140. The molecule has 0 bridgehead atoms. The molecule has 1 heterocycles. The van der Waals surface area contributed by atoms with Crippen molar-refractivity contribution in [1.29, 1.82) is 0 Å². The normalized spacial score (nSPS) is 18.6. The van der Waals surface area contributed by atoms with E-state index in [1.807, 2.05) is 25.1 Å². The fraction of sp³-hybridized carbons (Fsp3) is 0.529. The molecule has 2 aliphatic rings. The van der Waals surface area contributed by atoms with Crippen LogP contribution in [0.2, 0.25) is 0 Å². The first-order chi connectivity index (χ1) is 10.1. The molecule has 1 saturated carbocycles. The maximum atomic E-state index is 12.0. The van der Waals surface area contributed by atoms with Gasteiger partial charge < -0.3 is 10.6 Å². The van der Waals surface area contributed by atoms with E-state index in [9.17, 15) is 9.59 Å². The van der Waals surface area contributed by atoms with Crippen LogP contribution in [0.25, 0.3) is 0 Å². The average Bonchev–Trinajstić information content (AvgIpc) is 2.75. The molecule has 1 fully saturated rings. The van der Waals surface area contributed by atoms with E-state index in [1.165, 1.54) is 19.3 Å². The molecule has 1 aromatic rings. The molecule has 0 saturated heterocycles. The zero-order valence-electron chi connectivity index (χ0n) is 12.4. The van der Waals surface area contributed by atoms with Gasteiger partial charge in [-0.3, -0.25) is 9.59 Å². The van der Waals surface area contributed by atoms with Gasteiger partial charge in [-0.2, -0.15) is 0 Å². The van der Waals surface area contributed by atoms with Gasteiger partial charge in [0, 0.05) is 12.1 Å². The lowest BCUT2D eigenvalue weighted by Gasteiger charge is -2.25. The van der Waals surface area contributed by atoms with E-state index in [0.717, 1.165) is 29.2 Å². The van der Waals surface area contributed by atoms with Crippen molar-refractivity contribution in [2.45, 2.75) is 51.5 Å². The second kappa shape index (κ2) is 5.88. The second-order valence-electron chi connectivity index (χ2n) is 6.27. The van der Waals surface area contributed by atoms with Crippen LogP contribution in [0.3, 0.4) is 0 Å². The van der Waals surface area contributed by atoms with Crippen LogP contribution in [-0.2, 0) is 16.0 Å². The molecular weight excluding hydrogens is 264 g/mol. The van der Waals surface area contributed by atoms with Crippen LogP contribution in [0.15, 0.2) is 18.2 Å². The maximum absolute atomic E-state index is 12.0. The molecule has 0 aromatic heterocycles. The molecule has 21 heavy (non-hydrogen) atoms. The van der Waals surface area contributed by atoms with Gasteiger partial charge in [-0.05, 0) is 36.5 Å². The highest BCUT2D eigenvalue weighted by atomic mass is 16.2. The summed E-state index contributed by atoms with van der Waals surface area (Å²) in [4.78, 5) is 23.3. The lowest BCUT2D eigenvalue weighted by atomic mass is 9.82. The number of nitrogens with one attached hydrogen (secondary N) is 2. The first-order valence-electron chi connectivity index (χ1n) is 7.84. The number of carbonyl (C=O) groups is 2. The smallest absolute Gasteiger partial charge is 0.228 e. The topological polar surface area (TPSA) is 58.2 Å². The largest absolute Gasteiger partial charge is 0.350 e. The molecule has 1 aromatic carbocycles. The first-order valence-corrected chi connectivity index (χ1v) is 7.84. The number of amides is 2. The molecule has 1 aliphatic heterocycles. The summed E-state index contributed by atoms with van der Waals surface area (Å²) >= 11 is 0. The fourth-order valence-electron chi connectivity index (χ4n) is 3.03. The number of anilines is 1. The predicted octanol–water partition coefficient (Wildman–Crippen LogP) is 2.94. The first kappa shape index (κ1) is 14.1. The number of fused-ring (bicyclic) bond motifs is 1. The number of benzene rings is 1. The molecule has 112 valence electrons. The number of hydrogen-bond donors (Lipinski definition) is 2. The molecule has 0 radical (unpaired) electrons. The summed E-state index contributed by atoms with van der Waals surface area (Å²) in [6.45, 7) is 1.99. The molecule has 1 aliphatic carbocycles. The Bertz CT molecular complexity index is 564. The lowest BCUT2D eigenvalue weighted by molar-refractivity contribution is -0.122. The summed E-state index contributed by atoms with van der Waals surface area (Å²) in [5, 5.41) is 5.88. The third-order valence-electron chi connectivity index (χ3n) is 4.64. The van der Waals surface area contributed by atoms with Gasteiger partial charge in [-0.15, -0.1) is 0 Å². The summed E-state index contributed by atoms with van der Waals surface area (Å²) in [6.07, 6.45) is 5.97. The van der Waals surface area contributed by atoms with Crippen molar-refractivity contribution < 1.29 is 9.59 Å². The molecule has 1 unspecified atom stereocenters. The fourth-order valence-corrected chi connectivity index (χ4v) is 3.03. The molecule has 3 rings (SSSR count). The van der Waals surface area contributed by atoms with E-state index >= 15 is 0 Å². The van der Waals surface area contributed by atoms with Crippen LogP contribution in [0, 0.1) is 5.92 Å². The highest BCUT2D eigenvalue weighted by molar-refractivity contribution is 5.99. The summed E-state index contributed by atoms with van der Waals surface area (Å²) in [5.74, 6) is 0.937. The van der Waals surface area contributed by atoms with Gasteiger partial charge in [0.1, 0.15) is 0 Å². The zero-order chi connectivity index (χ0) is 14.8. The quantitative estimate of drug-likeness (QED) is 0.874. The summed E-state index contributed by atoms with van der Waals surface area (Å²) in [5.41, 5.74) is 2.97. The van der Waals surface area contributed by atoms with Gasteiger partial charge >= 0.3 is 0 Å². The zero-order valence-corrected chi connectivity index (χ0v) is 12.4. The van der Waals surface area contributed by atoms with Crippen molar-refractivity contribution >= 4 is 17.5 Å². The Morgan fingerprint density at radius 1 is 1.43 bits per heavy atom. The van der Waals surface area contributed by atoms with Gasteiger partial charge in [0.05, 0.1) is 12.5 Å². The Hall–Kier alpha value is -1.84. The van der Waals surface area contributed by atoms with Crippen LogP contribution < -0.4 is 10.6 Å². The van der Waals surface area contributed by atoms with Crippen molar-refractivity contribution in [2.24, 2.45) is 5.92 Å². The Kier molecular flexibility index (Phi) is 3.95. The monoisotopic (exact) mass is 286 g/mol. The second-order valence-corrected chi connectivity index (χ2v) is 6.27. The summed E-state index contributed by atoms with van der Waals surface area (Å²) in [6, 6.07) is 5.90. The molecule has 4 nitrogen and oxygen atoms in total. The summed E-state index contributed by atoms with van der Waals surface area (Å²) in [7, 11) is 0. The molecule has 2 amide bonds. The van der Waals surface area contributed by atoms with E-state index in [0.29, 0.717) is 12.8 Å². The van der Waals surface area contributed by atoms with Crippen LogP contribution >= 0.6 is 0 Å². The molecule has 0 spiro atoms. The van der Waals surface area contributed by atoms with Crippen molar-refractivity contribution in [3.8, 4) is 0 Å². The molecular formula is C17H22N2O2. The Morgan fingerprint density at radius 3 is 2.95 bits per heavy atom. The van der Waals surface area contributed by atoms with Crippen molar-refractivity contribution in [3.63, 3.8) is 0 Å². The van der Waals surface area contributed by atoms with Gasteiger partial charge in [-0.25, -0.2) is 0 Å². The number of carbonyl (C=O) groups excluding carboxylic acids is 2. The van der Waals surface area contributed by atoms with E-state index in [1.54, 1.807) is 0 Å². The Morgan fingerprint density at radius 2 is 2.24 bits per heavy atom. The van der Waals surface area contributed by atoms with E-state index in [2.05, 4.69) is 10.6 Å². The van der Waals surface area contributed by atoms with Crippen LogP contribution in [0.1, 0.15) is 56.2 Å². The Balaban J connectivity index is 1.55. The molecule has 2 N–H and O–H groups in total. The van der Waals surface area contributed by atoms with Crippen LogP contribution in [-0.4, -0.2) is 11.8 Å². The van der Waals surface area contributed by atoms with E-state index in [-0.39, 0.29) is 17.9 Å². The highest BCUT2D eigenvalue weighted by Gasteiger charge is 2.21. The third-order valence-corrected chi connectivity index (χ3v) is 4.64. The van der Waals surface area contributed by atoms with Gasteiger partial charge in [0.25, 0.3) is 0 Å². The van der Waals surface area contributed by atoms with Crippen LogP contribution in [0.4, 0.5) is 5.69 Å². The van der Waals surface area contributed by atoms with Gasteiger partial charge in [0.2, 0.25) is 11.8 Å². The SMILES string of the molecule is CC(NC(=O)CCC1CCC1)c1ccc2c(c1)CC(=O)N2. The third kappa shape index (κ3) is 3.26. The van der Waals surface area contributed by atoms with Crippen molar-refractivity contribution in [3.05, 3.63) is 29.3 Å². The molecule has 4 heteroatoms. The minimum atomic E-state index is -0.0140. The van der Waals surface area contributed by atoms with E-state index < -0.39 is 0 Å².